The average molecular weight is 182 g/mol. The minimum Gasteiger partial charge on any atom is -0.335 e. The molecule has 1 rings (SSSR count). The molecule has 2 N–H and O–H groups in total. The lowest BCUT2D eigenvalue weighted by atomic mass is 9.93. The highest BCUT2D eigenvalue weighted by atomic mass is 16.1. The molecule has 0 atom stereocenters. The summed E-state index contributed by atoms with van der Waals surface area (Å²) < 4.78 is 1.02. The topological polar surface area (TPSA) is 73.8 Å². The molecule has 13 heavy (non-hydrogen) atoms. The number of aryl methyl sites for hydroxylation is 1. The van der Waals surface area contributed by atoms with Crippen LogP contribution in [0, 0.1) is 6.92 Å². The van der Waals surface area contributed by atoms with Crippen LogP contribution in [0.4, 0.5) is 0 Å². The van der Waals surface area contributed by atoms with Gasteiger partial charge >= 0.3 is 0 Å². The lowest BCUT2D eigenvalue weighted by Gasteiger charge is -2.16. The number of hydrogen-bond donors (Lipinski definition) is 1. The van der Waals surface area contributed by atoms with Crippen LogP contribution < -0.4 is 11.4 Å². The fourth-order valence-corrected chi connectivity index (χ4v) is 0.945. The van der Waals surface area contributed by atoms with Gasteiger partial charge in [0.15, 0.2) is 5.82 Å². The standard InChI is InChI=1S/C8H14N4O/c1-5-10-11-6(8(2,3)4)7(13)12(5)9/h9H2,1-4H3. The molecule has 0 amide bonds. The van der Waals surface area contributed by atoms with E-state index < -0.39 is 0 Å². The molecule has 1 aromatic heterocycles. The molecule has 0 aliphatic heterocycles. The summed E-state index contributed by atoms with van der Waals surface area (Å²) in [5.74, 6) is 5.90. The molecule has 0 radical (unpaired) electrons. The van der Waals surface area contributed by atoms with Crippen molar-refractivity contribution in [2.24, 2.45) is 0 Å². The van der Waals surface area contributed by atoms with E-state index in [-0.39, 0.29) is 11.0 Å². The lowest BCUT2D eigenvalue weighted by molar-refractivity contribution is 0.532. The smallest absolute Gasteiger partial charge is 0.294 e. The molecule has 5 heteroatoms. The van der Waals surface area contributed by atoms with Crippen LogP contribution in [0.15, 0.2) is 4.79 Å². The molecule has 0 saturated heterocycles. The minimum absolute atomic E-state index is 0.278. The quantitative estimate of drug-likeness (QED) is 0.571. The molecule has 0 unspecified atom stereocenters. The highest BCUT2D eigenvalue weighted by Crippen LogP contribution is 2.14. The Hall–Kier alpha value is -1.39. The van der Waals surface area contributed by atoms with Crippen LogP contribution in [0.3, 0.4) is 0 Å². The molecule has 0 aliphatic rings. The van der Waals surface area contributed by atoms with Gasteiger partial charge < -0.3 is 5.84 Å². The summed E-state index contributed by atoms with van der Waals surface area (Å²) in [6.45, 7) is 7.33. The molecule has 1 aromatic rings. The Balaban J connectivity index is 3.44. The fourth-order valence-electron chi connectivity index (χ4n) is 0.945. The molecule has 1 heterocycles. The van der Waals surface area contributed by atoms with E-state index in [0.29, 0.717) is 11.5 Å². The first-order valence-corrected chi connectivity index (χ1v) is 4.06. The van der Waals surface area contributed by atoms with Crippen molar-refractivity contribution in [1.29, 1.82) is 0 Å². The van der Waals surface area contributed by atoms with Gasteiger partial charge in [-0.05, 0) is 6.92 Å². The molecular formula is C8H14N4O. The number of nitrogens with zero attached hydrogens (tertiary/aromatic N) is 3. The summed E-state index contributed by atoms with van der Waals surface area (Å²) in [5.41, 5.74) is -0.209. The van der Waals surface area contributed by atoms with Crippen LogP contribution in [0.5, 0.6) is 0 Å². The third-order valence-electron chi connectivity index (χ3n) is 1.78. The molecule has 72 valence electrons. The van der Waals surface area contributed by atoms with Gasteiger partial charge in [0.1, 0.15) is 5.69 Å². The Kier molecular flexibility index (Phi) is 2.11. The van der Waals surface area contributed by atoms with Crippen LogP contribution >= 0.6 is 0 Å². The SMILES string of the molecule is Cc1nnc(C(C)(C)C)c(=O)n1N. The van der Waals surface area contributed by atoms with Crippen molar-refractivity contribution >= 4 is 0 Å². The Morgan fingerprint density at radius 3 is 2.31 bits per heavy atom. The Labute approximate surface area is 76.6 Å². The zero-order valence-corrected chi connectivity index (χ0v) is 8.33. The number of rotatable bonds is 0. The van der Waals surface area contributed by atoms with Crippen LogP contribution in [0.25, 0.3) is 0 Å². The molecule has 0 bridgehead atoms. The van der Waals surface area contributed by atoms with Gasteiger partial charge in [0.25, 0.3) is 5.56 Å². The van der Waals surface area contributed by atoms with E-state index >= 15 is 0 Å². The average Bonchev–Trinajstić information content (AvgIpc) is 1.98. The van der Waals surface area contributed by atoms with Crippen molar-refractivity contribution < 1.29 is 0 Å². The molecule has 0 aromatic carbocycles. The molecular weight excluding hydrogens is 168 g/mol. The van der Waals surface area contributed by atoms with Crippen molar-refractivity contribution in [1.82, 2.24) is 14.9 Å². The Bertz CT molecular complexity index is 375. The summed E-state index contributed by atoms with van der Waals surface area (Å²) in [7, 11) is 0. The normalized spacial score (nSPS) is 11.7. The van der Waals surface area contributed by atoms with Crippen molar-refractivity contribution in [2.45, 2.75) is 33.1 Å². The first-order chi connectivity index (χ1) is 5.84. The van der Waals surface area contributed by atoms with E-state index in [1.54, 1.807) is 6.92 Å². The van der Waals surface area contributed by atoms with Crippen LogP contribution in [-0.4, -0.2) is 14.9 Å². The molecule has 5 nitrogen and oxygen atoms in total. The van der Waals surface area contributed by atoms with Crippen molar-refractivity contribution in [3.8, 4) is 0 Å². The van der Waals surface area contributed by atoms with Crippen molar-refractivity contribution in [3.63, 3.8) is 0 Å². The third-order valence-corrected chi connectivity index (χ3v) is 1.78. The van der Waals surface area contributed by atoms with Gasteiger partial charge in [-0.3, -0.25) is 4.79 Å². The van der Waals surface area contributed by atoms with Crippen LogP contribution in [0.1, 0.15) is 32.3 Å². The second-order valence-corrected chi connectivity index (χ2v) is 4.02. The minimum atomic E-state index is -0.321. The maximum atomic E-state index is 11.6. The van der Waals surface area contributed by atoms with E-state index in [4.69, 9.17) is 5.84 Å². The van der Waals surface area contributed by atoms with Crippen molar-refractivity contribution in [3.05, 3.63) is 21.9 Å². The van der Waals surface area contributed by atoms with Gasteiger partial charge in [0, 0.05) is 5.41 Å². The Morgan fingerprint density at radius 1 is 1.31 bits per heavy atom. The van der Waals surface area contributed by atoms with E-state index in [9.17, 15) is 4.79 Å². The zero-order chi connectivity index (χ0) is 10.2. The summed E-state index contributed by atoms with van der Waals surface area (Å²) >= 11 is 0. The third kappa shape index (κ3) is 1.68. The molecule has 0 aliphatic carbocycles. The van der Waals surface area contributed by atoms with Gasteiger partial charge in [-0.15, -0.1) is 10.2 Å². The predicted molar refractivity (Wildman–Crippen MR) is 49.9 cm³/mol. The van der Waals surface area contributed by atoms with Crippen LogP contribution in [-0.2, 0) is 5.41 Å². The van der Waals surface area contributed by atoms with Gasteiger partial charge in [0.2, 0.25) is 0 Å². The van der Waals surface area contributed by atoms with Crippen molar-refractivity contribution in [2.75, 3.05) is 5.84 Å². The fraction of sp³-hybridized carbons (Fsp3) is 0.625. The Morgan fingerprint density at radius 2 is 1.85 bits per heavy atom. The summed E-state index contributed by atoms with van der Waals surface area (Å²) in [6.07, 6.45) is 0. The van der Waals surface area contributed by atoms with E-state index in [1.807, 2.05) is 20.8 Å². The predicted octanol–water partition coefficient (Wildman–Crippen LogP) is -0.0420. The number of nitrogen functional groups attached to an aromatic ring is 1. The summed E-state index contributed by atoms with van der Waals surface area (Å²) in [6, 6.07) is 0. The number of hydrogen-bond acceptors (Lipinski definition) is 4. The van der Waals surface area contributed by atoms with Gasteiger partial charge in [-0.2, -0.15) is 0 Å². The second kappa shape index (κ2) is 2.83. The maximum absolute atomic E-state index is 11.6. The van der Waals surface area contributed by atoms with Gasteiger partial charge in [-0.25, -0.2) is 4.68 Å². The second-order valence-electron chi connectivity index (χ2n) is 4.02. The highest BCUT2D eigenvalue weighted by molar-refractivity contribution is 5.08. The largest absolute Gasteiger partial charge is 0.335 e. The lowest BCUT2D eigenvalue weighted by Crippen LogP contribution is -2.38. The van der Waals surface area contributed by atoms with Gasteiger partial charge in [0.05, 0.1) is 0 Å². The molecule has 0 spiro atoms. The van der Waals surface area contributed by atoms with E-state index in [0.717, 1.165) is 4.68 Å². The van der Waals surface area contributed by atoms with E-state index in [2.05, 4.69) is 10.2 Å². The molecule has 0 saturated carbocycles. The van der Waals surface area contributed by atoms with Crippen LogP contribution in [0.2, 0.25) is 0 Å². The van der Waals surface area contributed by atoms with Gasteiger partial charge in [-0.1, -0.05) is 20.8 Å². The highest BCUT2D eigenvalue weighted by Gasteiger charge is 2.21. The molecule has 0 fully saturated rings. The van der Waals surface area contributed by atoms with E-state index in [1.165, 1.54) is 0 Å². The maximum Gasteiger partial charge on any atom is 0.294 e. The summed E-state index contributed by atoms with van der Waals surface area (Å²) in [4.78, 5) is 11.6. The zero-order valence-electron chi connectivity index (χ0n) is 8.33. The number of aromatic nitrogens is 3. The monoisotopic (exact) mass is 182 g/mol. The summed E-state index contributed by atoms with van der Waals surface area (Å²) in [5, 5.41) is 7.64. The number of nitrogens with two attached hydrogens (primary N) is 1. The first kappa shape index (κ1) is 9.70. The first-order valence-electron chi connectivity index (χ1n) is 4.06.